The summed E-state index contributed by atoms with van der Waals surface area (Å²) in [5.74, 6) is 1.45. The maximum Gasteiger partial charge on any atom is 0.126 e. The Labute approximate surface area is 95.0 Å². The molecule has 88 valence electrons. The van der Waals surface area contributed by atoms with Crippen LogP contribution in [0, 0.1) is 0 Å². The van der Waals surface area contributed by atoms with Crippen LogP contribution in [-0.4, -0.2) is 25.4 Å². The van der Waals surface area contributed by atoms with E-state index in [0.717, 1.165) is 29.7 Å². The minimum atomic E-state index is -0.632. The van der Waals surface area contributed by atoms with Crippen LogP contribution >= 0.6 is 0 Å². The van der Waals surface area contributed by atoms with E-state index in [4.69, 9.17) is 15.2 Å². The van der Waals surface area contributed by atoms with E-state index in [1.165, 1.54) is 0 Å². The van der Waals surface area contributed by atoms with Gasteiger partial charge in [0.2, 0.25) is 0 Å². The summed E-state index contributed by atoms with van der Waals surface area (Å²) in [6.07, 6.45) is 0.977. The fourth-order valence-corrected chi connectivity index (χ4v) is 2.17. The van der Waals surface area contributed by atoms with Crippen molar-refractivity contribution in [3.8, 4) is 11.5 Å². The molecule has 0 saturated heterocycles. The topological polar surface area (TPSA) is 64.7 Å². The molecular weight excluding hydrogens is 206 g/mol. The van der Waals surface area contributed by atoms with E-state index in [-0.39, 0.29) is 6.04 Å². The molecule has 3 N–H and O–H groups in total. The molecule has 0 unspecified atom stereocenters. The average Bonchev–Trinajstić information content (AvgIpc) is 2.32. The first-order valence-electron chi connectivity index (χ1n) is 5.35. The standard InChI is InChI=1S/C12H17NO3/c1-15-7-5-9-8(11(6-7)16-2)3-4-10(13)12(9)14/h5-6,10,12,14H,3-4,13H2,1-2H3/t10-,12-/m1/s1. The van der Waals surface area contributed by atoms with Crippen LogP contribution in [0.2, 0.25) is 0 Å². The lowest BCUT2D eigenvalue weighted by atomic mass is 9.85. The Morgan fingerprint density at radius 2 is 2.06 bits per heavy atom. The maximum absolute atomic E-state index is 10.0. The molecule has 0 saturated carbocycles. The molecule has 0 fully saturated rings. The first kappa shape index (κ1) is 11.2. The molecule has 0 radical (unpaired) electrons. The lowest BCUT2D eigenvalue weighted by Crippen LogP contribution is -2.33. The highest BCUT2D eigenvalue weighted by molar-refractivity contribution is 5.49. The molecule has 0 bridgehead atoms. The molecule has 0 heterocycles. The van der Waals surface area contributed by atoms with Crippen molar-refractivity contribution in [3.63, 3.8) is 0 Å². The van der Waals surface area contributed by atoms with E-state index in [2.05, 4.69) is 0 Å². The first-order chi connectivity index (χ1) is 7.67. The number of aliphatic hydroxyl groups excluding tert-OH is 1. The van der Waals surface area contributed by atoms with Gasteiger partial charge in [0.25, 0.3) is 0 Å². The van der Waals surface area contributed by atoms with Crippen molar-refractivity contribution >= 4 is 0 Å². The van der Waals surface area contributed by atoms with Crippen molar-refractivity contribution in [1.29, 1.82) is 0 Å². The average molecular weight is 223 g/mol. The third-order valence-electron chi connectivity index (χ3n) is 3.12. The second-order valence-corrected chi connectivity index (χ2v) is 4.04. The zero-order valence-corrected chi connectivity index (χ0v) is 9.56. The summed E-state index contributed by atoms with van der Waals surface area (Å²) in [6, 6.07) is 3.47. The van der Waals surface area contributed by atoms with Crippen molar-refractivity contribution in [3.05, 3.63) is 23.3 Å². The van der Waals surface area contributed by atoms with Crippen molar-refractivity contribution < 1.29 is 14.6 Å². The summed E-state index contributed by atoms with van der Waals surface area (Å²) in [4.78, 5) is 0. The number of benzene rings is 1. The predicted molar refractivity (Wildman–Crippen MR) is 60.8 cm³/mol. The van der Waals surface area contributed by atoms with E-state index in [1.54, 1.807) is 14.2 Å². The summed E-state index contributed by atoms with van der Waals surface area (Å²) in [5, 5.41) is 10.0. The zero-order valence-electron chi connectivity index (χ0n) is 9.56. The molecular formula is C12H17NO3. The maximum atomic E-state index is 10.0. The van der Waals surface area contributed by atoms with Crippen LogP contribution in [0.3, 0.4) is 0 Å². The van der Waals surface area contributed by atoms with Crippen molar-refractivity contribution in [2.24, 2.45) is 5.73 Å². The normalized spacial score (nSPS) is 23.8. The van der Waals surface area contributed by atoms with Gasteiger partial charge in [0.05, 0.1) is 20.3 Å². The lowest BCUT2D eigenvalue weighted by molar-refractivity contribution is 0.132. The minimum Gasteiger partial charge on any atom is -0.497 e. The summed E-state index contributed by atoms with van der Waals surface area (Å²) in [5.41, 5.74) is 7.71. The molecule has 1 aliphatic carbocycles. The Balaban J connectivity index is 2.52. The highest BCUT2D eigenvalue weighted by atomic mass is 16.5. The molecule has 0 amide bonds. The van der Waals surface area contributed by atoms with Gasteiger partial charge in [0.15, 0.2) is 0 Å². The highest BCUT2D eigenvalue weighted by Gasteiger charge is 2.28. The van der Waals surface area contributed by atoms with Crippen LogP contribution in [-0.2, 0) is 6.42 Å². The second-order valence-electron chi connectivity index (χ2n) is 4.04. The quantitative estimate of drug-likeness (QED) is 0.785. The Hall–Kier alpha value is -1.26. The molecule has 0 spiro atoms. The van der Waals surface area contributed by atoms with E-state index in [9.17, 15) is 5.11 Å². The monoisotopic (exact) mass is 223 g/mol. The van der Waals surface area contributed by atoms with Crippen molar-refractivity contribution in [2.75, 3.05) is 14.2 Å². The first-order valence-corrected chi connectivity index (χ1v) is 5.35. The summed E-state index contributed by atoms with van der Waals surface area (Å²) in [6.45, 7) is 0. The van der Waals surface area contributed by atoms with E-state index in [1.807, 2.05) is 12.1 Å². The van der Waals surface area contributed by atoms with Crippen LogP contribution in [0.15, 0.2) is 12.1 Å². The second kappa shape index (κ2) is 4.31. The van der Waals surface area contributed by atoms with Gasteiger partial charge in [-0.05, 0) is 24.5 Å². The molecule has 2 rings (SSSR count). The molecule has 1 aliphatic rings. The molecule has 4 nitrogen and oxygen atoms in total. The molecule has 0 aromatic heterocycles. The Bertz CT molecular complexity index is 392. The van der Waals surface area contributed by atoms with Crippen LogP contribution < -0.4 is 15.2 Å². The van der Waals surface area contributed by atoms with Crippen LogP contribution in [0.5, 0.6) is 11.5 Å². The lowest BCUT2D eigenvalue weighted by Gasteiger charge is -2.28. The predicted octanol–water partition coefficient (Wildman–Crippen LogP) is 1.01. The minimum absolute atomic E-state index is 0.204. The van der Waals surface area contributed by atoms with Gasteiger partial charge < -0.3 is 20.3 Å². The highest BCUT2D eigenvalue weighted by Crippen LogP contribution is 2.37. The van der Waals surface area contributed by atoms with E-state index in [0.29, 0.717) is 5.75 Å². The third-order valence-corrected chi connectivity index (χ3v) is 3.12. The van der Waals surface area contributed by atoms with Crippen molar-refractivity contribution in [2.45, 2.75) is 25.0 Å². The van der Waals surface area contributed by atoms with Gasteiger partial charge in [-0.15, -0.1) is 0 Å². The fourth-order valence-electron chi connectivity index (χ4n) is 2.17. The van der Waals surface area contributed by atoms with E-state index < -0.39 is 6.10 Å². The number of aliphatic hydroxyl groups is 1. The number of fused-ring (bicyclic) bond motifs is 1. The Morgan fingerprint density at radius 3 is 2.69 bits per heavy atom. The molecule has 1 aromatic carbocycles. The molecule has 1 aromatic rings. The van der Waals surface area contributed by atoms with Gasteiger partial charge in [-0.25, -0.2) is 0 Å². The van der Waals surface area contributed by atoms with Gasteiger partial charge in [0.1, 0.15) is 11.5 Å². The van der Waals surface area contributed by atoms with E-state index >= 15 is 0 Å². The fraction of sp³-hybridized carbons (Fsp3) is 0.500. The molecule has 4 heteroatoms. The zero-order chi connectivity index (χ0) is 11.7. The van der Waals surface area contributed by atoms with Gasteiger partial charge in [-0.2, -0.15) is 0 Å². The molecule has 2 atom stereocenters. The summed E-state index contributed by atoms with van der Waals surface area (Å²) >= 11 is 0. The number of rotatable bonds is 2. The van der Waals surface area contributed by atoms with Crippen LogP contribution in [0.4, 0.5) is 0 Å². The summed E-state index contributed by atoms with van der Waals surface area (Å²) in [7, 11) is 3.21. The largest absolute Gasteiger partial charge is 0.497 e. The Kier molecular flexibility index (Phi) is 3.03. The SMILES string of the molecule is COc1cc(OC)c2c(c1)[C@@H](O)[C@H](N)CC2. The number of ether oxygens (including phenoxy) is 2. The number of hydrogen-bond donors (Lipinski definition) is 2. The third kappa shape index (κ3) is 1.74. The smallest absolute Gasteiger partial charge is 0.126 e. The summed E-state index contributed by atoms with van der Waals surface area (Å²) < 4.78 is 10.5. The van der Waals surface area contributed by atoms with Crippen LogP contribution in [0.25, 0.3) is 0 Å². The number of nitrogens with two attached hydrogens (primary N) is 1. The van der Waals surface area contributed by atoms with Crippen molar-refractivity contribution in [1.82, 2.24) is 0 Å². The van der Waals surface area contributed by atoms with Gasteiger partial charge in [0, 0.05) is 17.7 Å². The van der Waals surface area contributed by atoms with Gasteiger partial charge in [-0.1, -0.05) is 0 Å². The number of hydrogen-bond acceptors (Lipinski definition) is 4. The Morgan fingerprint density at radius 1 is 1.31 bits per heavy atom. The van der Waals surface area contributed by atoms with Crippen LogP contribution in [0.1, 0.15) is 23.7 Å². The number of methoxy groups -OCH3 is 2. The van der Waals surface area contributed by atoms with Gasteiger partial charge >= 0.3 is 0 Å². The van der Waals surface area contributed by atoms with Gasteiger partial charge in [-0.3, -0.25) is 0 Å². The molecule has 0 aliphatic heterocycles. The molecule has 16 heavy (non-hydrogen) atoms.